The maximum absolute atomic E-state index is 6.10. The van der Waals surface area contributed by atoms with Crippen molar-refractivity contribution in [2.45, 2.75) is 0 Å². The Morgan fingerprint density at radius 3 is 2.59 bits per heavy atom. The van der Waals surface area contributed by atoms with Crippen molar-refractivity contribution in [1.82, 2.24) is 4.98 Å². The lowest BCUT2D eigenvalue weighted by Crippen LogP contribution is -1.77. The van der Waals surface area contributed by atoms with Crippen LogP contribution in [0.15, 0.2) is 65.1 Å². The van der Waals surface area contributed by atoms with Gasteiger partial charge in [0.15, 0.2) is 0 Å². The number of H-pyrrole nitrogens is 1. The van der Waals surface area contributed by atoms with Gasteiger partial charge in [-0.15, -0.1) is 0 Å². The van der Waals surface area contributed by atoms with Crippen LogP contribution < -0.4 is 0 Å². The van der Waals surface area contributed by atoms with E-state index in [1.165, 1.54) is 37.8 Å². The lowest BCUT2D eigenvalue weighted by Gasteiger charge is -2.02. The maximum Gasteiger partial charge on any atom is 0.138 e. The molecule has 22 heavy (non-hydrogen) atoms. The Balaban J connectivity index is 2.04. The normalized spacial score (nSPS) is 12.5. The monoisotopic (exact) mass is 281 g/mol. The fraction of sp³-hybridized carbons (Fsp3) is 0. The molecular weight excluding hydrogens is 270 g/mol. The molecular formula is C20H11NO. The van der Waals surface area contributed by atoms with Gasteiger partial charge in [0.25, 0.3) is 0 Å². The Hall–Kier alpha value is -3.00. The molecule has 2 heteroatoms. The number of furan rings is 1. The van der Waals surface area contributed by atoms with E-state index < -0.39 is 0 Å². The predicted molar refractivity (Wildman–Crippen MR) is 91.8 cm³/mol. The highest BCUT2D eigenvalue weighted by Crippen LogP contribution is 2.42. The summed E-state index contributed by atoms with van der Waals surface area (Å²) in [6.45, 7) is 0. The van der Waals surface area contributed by atoms with Crippen LogP contribution in [0.1, 0.15) is 0 Å². The average molecular weight is 281 g/mol. The van der Waals surface area contributed by atoms with E-state index >= 15 is 0 Å². The van der Waals surface area contributed by atoms with E-state index in [4.69, 9.17) is 4.42 Å². The van der Waals surface area contributed by atoms with Gasteiger partial charge in [0.2, 0.25) is 0 Å². The molecule has 0 atom stereocenters. The van der Waals surface area contributed by atoms with Crippen LogP contribution in [0, 0.1) is 0 Å². The molecule has 102 valence electrons. The van der Waals surface area contributed by atoms with Crippen LogP contribution in [-0.2, 0) is 0 Å². The van der Waals surface area contributed by atoms with Gasteiger partial charge in [-0.3, -0.25) is 0 Å². The first-order valence-electron chi connectivity index (χ1n) is 7.47. The summed E-state index contributed by atoms with van der Waals surface area (Å²) in [7, 11) is 0. The Kier molecular flexibility index (Phi) is 1.66. The molecule has 1 N–H and O–H groups in total. The van der Waals surface area contributed by atoms with Crippen molar-refractivity contribution in [3.05, 3.63) is 60.7 Å². The van der Waals surface area contributed by atoms with Crippen LogP contribution in [0.5, 0.6) is 0 Å². The van der Waals surface area contributed by atoms with Gasteiger partial charge >= 0.3 is 0 Å². The molecule has 2 aromatic heterocycles. The number of aromatic nitrogens is 1. The van der Waals surface area contributed by atoms with E-state index in [0.717, 1.165) is 16.7 Å². The number of benzene rings is 4. The van der Waals surface area contributed by atoms with Gasteiger partial charge < -0.3 is 9.40 Å². The number of hydrogen-bond donors (Lipinski definition) is 1. The SMILES string of the molecule is c1ccc2c(c1)[nH]c1cc3oc4cccc5ccc(c12)c3c54. The van der Waals surface area contributed by atoms with Crippen molar-refractivity contribution in [3.8, 4) is 0 Å². The lowest BCUT2D eigenvalue weighted by atomic mass is 9.98. The number of hydrogen-bond acceptors (Lipinski definition) is 1. The highest BCUT2D eigenvalue weighted by Gasteiger charge is 2.17. The van der Waals surface area contributed by atoms with Crippen molar-refractivity contribution in [3.63, 3.8) is 0 Å². The largest absolute Gasteiger partial charge is 0.456 e. The highest BCUT2D eigenvalue weighted by molar-refractivity contribution is 6.31. The van der Waals surface area contributed by atoms with Crippen molar-refractivity contribution in [2.75, 3.05) is 0 Å². The Labute approximate surface area is 125 Å². The third kappa shape index (κ3) is 1.10. The molecule has 2 nitrogen and oxygen atoms in total. The second-order valence-electron chi connectivity index (χ2n) is 5.91. The summed E-state index contributed by atoms with van der Waals surface area (Å²) in [6, 6.07) is 21.3. The molecule has 0 aliphatic rings. The first-order valence-corrected chi connectivity index (χ1v) is 7.47. The van der Waals surface area contributed by atoms with Crippen LogP contribution in [0.2, 0.25) is 0 Å². The first kappa shape index (κ1) is 10.7. The minimum Gasteiger partial charge on any atom is -0.456 e. The topological polar surface area (TPSA) is 28.9 Å². The zero-order valence-electron chi connectivity index (χ0n) is 11.7. The quantitative estimate of drug-likeness (QED) is 0.350. The van der Waals surface area contributed by atoms with E-state index in [-0.39, 0.29) is 0 Å². The number of aromatic amines is 1. The van der Waals surface area contributed by atoms with Crippen molar-refractivity contribution < 1.29 is 4.42 Å². The second-order valence-corrected chi connectivity index (χ2v) is 5.91. The molecule has 6 aromatic rings. The zero-order valence-corrected chi connectivity index (χ0v) is 11.7. The van der Waals surface area contributed by atoms with Gasteiger partial charge in [-0.05, 0) is 22.9 Å². The lowest BCUT2D eigenvalue weighted by molar-refractivity contribution is 0.670. The summed E-state index contributed by atoms with van der Waals surface area (Å²) in [5, 5.41) is 7.54. The maximum atomic E-state index is 6.10. The number of fused-ring (bicyclic) bond motifs is 4. The van der Waals surface area contributed by atoms with Gasteiger partial charge in [-0.1, -0.05) is 42.5 Å². The Morgan fingerprint density at radius 2 is 1.59 bits per heavy atom. The molecule has 0 saturated heterocycles. The van der Waals surface area contributed by atoms with Crippen molar-refractivity contribution in [1.29, 1.82) is 0 Å². The zero-order chi connectivity index (χ0) is 14.3. The van der Waals surface area contributed by atoms with E-state index in [9.17, 15) is 0 Å². The summed E-state index contributed by atoms with van der Waals surface area (Å²) in [5.74, 6) is 0. The fourth-order valence-corrected chi connectivity index (χ4v) is 3.86. The minimum atomic E-state index is 0.959. The molecule has 0 unspecified atom stereocenters. The van der Waals surface area contributed by atoms with Crippen LogP contribution in [-0.4, -0.2) is 4.98 Å². The van der Waals surface area contributed by atoms with Crippen LogP contribution >= 0.6 is 0 Å². The molecule has 4 aromatic carbocycles. The van der Waals surface area contributed by atoms with Crippen LogP contribution in [0.25, 0.3) is 54.5 Å². The Morgan fingerprint density at radius 1 is 0.636 bits per heavy atom. The number of rotatable bonds is 0. The molecule has 0 saturated carbocycles. The summed E-state index contributed by atoms with van der Waals surface area (Å²) < 4.78 is 6.10. The van der Waals surface area contributed by atoms with Gasteiger partial charge in [0.1, 0.15) is 11.2 Å². The van der Waals surface area contributed by atoms with Crippen molar-refractivity contribution >= 4 is 54.5 Å². The predicted octanol–water partition coefficient (Wildman–Crippen LogP) is 5.81. The minimum absolute atomic E-state index is 0.959. The number of nitrogens with one attached hydrogen (secondary N) is 1. The van der Waals surface area contributed by atoms with Gasteiger partial charge in [0, 0.05) is 33.1 Å². The highest BCUT2D eigenvalue weighted by atomic mass is 16.3. The smallest absolute Gasteiger partial charge is 0.138 e. The van der Waals surface area contributed by atoms with Crippen molar-refractivity contribution in [2.24, 2.45) is 0 Å². The fourth-order valence-electron chi connectivity index (χ4n) is 3.86. The molecule has 0 radical (unpaired) electrons. The van der Waals surface area contributed by atoms with E-state index in [1.54, 1.807) is 0 Å². The molecule has 0 fully saturated rings. The van der Waals surface area contributed by atoms with Gasteiger partial charge in [-0.25, -0.2) is 0 Å². The van der Waals surface area contributed by atoms with Crippen LogP contribution in [0.3, 0.4) is 0 Å². The molecule has 0 aliphatic carbocycles. The first-order chi connectivity index (χ1) is 10.9. The second kappa shape index (κ2) is 3.42. The molecule has 0 bridgehead atoms. The standard InChI is InChI=1S/C20H11NO/c1-2-6-14-12(5-1)19-13-9-8-11-4-3-7-16-18(11)20(13)17(22-16)10-15(19)21-14/h1-10,21H. The Bertz CT molecular complexity index is 1300. The van der Waals surface area contributed by atoms with E-state index in [2.05, 4.69) is 59.6 Å². The van der Waals surface area contributed by atoms with Crippen LogP contribution in [0.4, 0.5) is 0 Å². The third-order valence-electron chi connectivity index (χ3n) is 4.75. The average Bonchev–Trinajstić information content (AvgIpc) is 3.10. The molecule has 0 spiro atoms. The summed E-state index contributed by atoms with van der Waals surface area (Å²) in [5.41, 5.74) is 4.23. The van der Waals surface area contributed by atoms with Gasteiger partial charge in [0.05, 0.1) is 5.52 Å². The summed E-state index contributed by atoms with van der Waals surface area (Å²) in [6.07, 6.45) is 0. The van der Waals surface area contributed by atoms with Gasteiger partial charge in [-0.2, -0.15) is 0 Å². The van der Waals surface area contributed by atoms with E-state index in [0.29, 0.717) is 0 Å². The third-order valence-corrected chi connectivity index (χ3v) is 4.75. The number of para-hydroxylation sites is 1. The molecule has 0 amide bonds. The molecule has 2 heterocycles. The molecule has 0 aliphatic heterocycles. The summed E-state index contributed by atoms with van der Waals surface area (Å²) >= 11 is 0. The van der Waals surface area contributed by atoms with E-state index in [1.807, 2.05) is 6.07 Å². The summed E-state index contributed by atoms with van der Waals surface area (Å²) in [4.78, 5) is 3.52. The molecule has 6 rings (SSSR count).